The third kappa shape index (κ3) is 7.67. The van der Waals surface area contributed by atoms with Gasteiger partial charge in [0.15, 0.2) is 0 Å². The lowest BCUT2D eigenvalue weighted by molar-refractivity contribution is -0.139. The summed E-state index contributed by atoms with van der Waals surface area (Å²) >= 11 is 0. The van der Waals surface area contributed by atoms with Crippen molar-refractivity contribution in [3.8, 4) is 22.4 Å². The summed E-state index contributed by atoms with van der Waals surface area (Å²) in [6, 6.07) is 19.3. The molecular weight excluding hydrogens is 578 g/mol. The third-order valence-electron chi connectivity index (χ3n) is 6.99. The van der Waals surface area contributed by atoms with E-state index >= 15 is 0 Å². The molecule has 0 aliphatic carbocycles. The van der Waals surface area contributed by atoms with Crippen molar-refractivity contribution in [2.75, 3.05) is 4.72 Å². The minimum absolute atomic E-state index is 0.0438. The first-order valence-electron chi connectivity index (χ1n) is 13.8. The van der Waals surface area contributed by atoms with Crippen LogP contribution in [0.1, 0.15) is 44.7 Å². The Bertz CT molecular complexity index is 1650. The summed E-state index contributed by atoms with van der Waals surface area (Å²) in [6.45, 7) is 3.73. The Morgan fingerprint density at radius 2 is 1.42 bits per heavy atom. The topological polar surface area (TPSA) is 129 Å². The van der Waals surface area contributed by atoms with Crippen molar-refractivity contribution in [2.24, 2.45) is 0 Å². The van der Waals surface area contributed by atoms with Gasteiger partial charge in [-0.25, -0.2) is 17.2 Å². The molecule has 8 nitrogen and oxygen atoms in total. The van der Waals surface area contributed by atoms with E-state index < -0.39 is 46.3 Å². The van der Waals surface area contributed by atoms with E-state index in [9.17, 15) is 32.2 Å². The zero-order chi connectivity index (χ0) is 31.3. The van der Waals surface area contributed by atoms with Crippen molar-refractivity contribution >= 4 is 21.7 Å². The highest BCUT2D eigenvalue weighted by Crippen LogP contribution is 2.45. The summed E-state index contributed by atoms with van der Waals surface area (Å²) in [7, 11) is -4.27. The van der Waals surface area contributed by atoms with Gasteiger partial charge in [0.1, 0.15) is 16.5 Å². The number of halogens is 2. The molecule has 4 rings (SSSR count). The molecule has 0 bridgehead atoms. The van der Waals surface area contributed by atoms with Crippen LogP contribution in [0.25, 0.3) is 22.4 Å². The van der Waals surface area contributed by atoms with Crippen LogP contribution < -0.4 is 4.72 Å². The number of aliphatic hydroxyl groups excluding tert-OH is 2. The molecule has 228 valence electrons. The number of nitrogens with zero attached hydrogens (tertiary/aromatic N) is 1. The molecule has 1 aromatic heterocycles. The first-order valence-corrected chi connectivity index (χ1v) is 15.3. The van der Waals surface area contributed by atoms with Crippen molar-refractivity contribution in [2.45, 2.75) is 62.7 Å². The Balaban J connectivity index is 1.97. The predicted octanol–water partition coefficient (Wildman–Crippen LogP) is 6.00. The largest absolute Gasteiger partial charge is 0.481 e. The van der Waals surface area contributed by atoms with E-state index in [1.54, 1.807) is 34.9 Å². The molecule has 1 heterocycles. The zero-order valence-electron chi connectivity index (χ0n) is 23.7. The second-order valence-electron chi connectivity index (χ2n) is 10.7. The predicted molar refractivity (Wildman–Crippen MR) is 160 cm³/mol. The molecule has 0 saturated heterocycles. The third-order valence-corrected chi connectivity index (χ3v) is 8.44. The maximum absolute atomic E-state index is 14.2. The molecular formula is C32H34F2N2O6S. The zero-order valence-corrected chi connectivity index (χ0v) is 24.6. The Morgan fingerprint density at radius 3 is 1.95 bits per heavy atom. The number of hydrogen-bond acceptors (Lipinski definition) is 5. The molecule has 4 aromatic rings. The van der Waals surface area contributed by atoms with Crippen molar-refractivity contribution in [3.63, 3.8) is 0 Å². The number of aliphatic hydroxyl groups is 2. The number of sulfonamides is 1. The van der Waals surface area contributed by atoms with Crippen LogP contribution in [0.5, 0.6) is 0 Å². The van der Waals surface area contributed by atoms with Gasteiger partial charge in [-0.15, -0.1) is 0 Å². The average molecular weight is 613 g/mol. The molecule has 2 unspecified atom stereocenters. The molecule has 2 atom stereocenters. The van der Waals surface area contributed by atoms with Gasteiger partial charge in [-0.05, 0) is 78.4 Å². The van der Waals surface area contributed by atoms with Crippen molar-refractivity contribution in [1.82, 2.24) is 4.57 Å². The molecule has 0 radical (unpaired) electrons. The maximum Gasteiger partial charge on any atom is 0.305 e. The van der Waals surface area contributed by atoms with Crippen molar-refractivity contribution < 1.29 is 37.3 Å². The minimum Gasteiger partial charge on any atom is -0.481 e. The molecule has 0 aliphatic heterocycles. The summed E-state index contributed by atoms with van der Waals surface area (Å²) < 4.78 is 60.9. The van der Waals surface area contributed by atoms with Crippen LogP contribution in [0, 0.1) is 11.6 Å². The Labute approximate surface area is 249 Å². The number of nitrogens with one attached hydrogen (secondary N) is 1. The number of rotatable bonds is 13. The van der Waals surface area contributed by atoms with Crippen LogP contribution in [0.3, 0.4) is 0 Å². The van der Waals surface area contributed by atoms with E-state index in [0.717, 1.165) is 0 Å². The fraction of sp³-hybridized carbons (Fsp3) is 0.281. The standard InChI is InChI=1S/C32H34F2N2O6S/c1-20(2)30-32(43(41,42)35-25-6-4-3-5-7-25)29(21-8-12-23(33)13-9-21)31(22-10-14-24(34)15-11-22)36(30)17-16-26(37)18-27(38)19-28(39)40/h3-15,20,26-27,35,37-38H,16-19H2,1-2H3,(H,39,40). The number of hydrogen-bond donors (Lipinski definition) is 4. The SMILES string of the molecule is CC(C)c1c(S(=O)(=O)Nc2ccccc2)c(-c2ccc(F)cc2)c(-c2ccc(F)cc2)n1CCC(O)CC(O)CC(=O)O. The summed E-state index contributed by atoms with van der Waals surface area (Å²) in [6.07, 6.45) is -3.04. The van der Waals surface area contributed by atoms with Crippen LogP contribution >= 0.6 is 0 Å². The lowest BCUT2D eigenvalue weighted by Gasteiger charge is -2.20. The number of aromatic nitrogens is 1. The monoisotopic (exact) mass is 612 g/mol. The minimum atomic E-state index is -4.27. The molecule has 0 fully saturated rings. The summed E-state index contributed by atoms with van der Waals surface area (Å²) in [5.74, 6) is -2.57. The van der Waals surface area contributed by atoms with Crippen LogP contribution in [0.2, 0.25) is 0 Å². The highest BCUT2D eigenvalue weighted by Gasteiger charge is 2.34. The first-order chi connectivity index (χ1) is 20.4. The van der Waals surface area contributed by atoms with Gasteiger partial charge in [0, 0.05) is 23.5 Å². The fourth-order valence-electron chi connectivity index (χ4n) is 5.19. The number of anilines is 1. The smallest absolute Gasteiger partial charge is 0.305 e. The lowest BCUT2D eigenvalue weighted by atomic mass is 10.00. The highest BCUT2D eigenvalue weighted by molar-refractivity contribution is 7.93. The van der Waals surface area contributed by atoms with E-state index in [-0.39, 0.29) is 35.8 Å². The van der Waals surface area contributed by atoms with Gasteiger partial charge in [-0.2, -0.15) is 0 Å². The fourth-order valence-corrected chi connectivity index (χ4v) is 6.84. The Morgan fingerprint density at radius 1 is 0.860 bits per heavy atom. The molecule has 0 saturated carbocycles. The maximum atomic E-state index is 14.2. The quantitative estimate of drug-likeness (QED) is 0.147. The average Bonchev–Trinajstić information content (AvgIpc) is 3.29. The van der Waals surface area contributed by atoms with Gasteiger partial charge < -0.3 is 19.9 Å². The van der Waals surface area contributed by atoms with Gasteiger partial charge >= 0.3 is 5.97 Å². The van der Waals surface area contributed by atoms with E-state index in [2.05, 4.69) is 4.72 Å². The number of carbonyl (C=O) groups is 1. The van der Waals surface area contributed by atoms with Crippen LogP contribution in [-0.4, -0.2) is 46.5 Å². The van der Waals surface area contributed by atoms with Gasteiger partial charge in [-0.1, -0.05) is 44.2 Å². The second-order valence-corrected chi connectivity index (χ2v) is 12.3. The molecule has 3 aromatic carbocycles. The highest BCUT2D eigenvalue weighted by atomic mass is 32.2. The van der Waals surface area contributed by atoms with Crippen molar-refractivity contribution in [1.29, 1.82) is 0 Å². The number of carboxylic acid groups (broad SMARTS) is 1. The number of aliphatic carboxylic acids is 1. The molecule has 0 spiro atoms. The summed E-state index contributed by atoms with van der Waals surface area (Å²) in [4.78, 5) is 10.9. The van der Waals surface area contributed by atoms with Gasteiger partial charge in [0.05, 0.1) is 24.3 Å². The number of carboxylic acids is 1. The first kappa shape index (κ1) is 31.9. The normalized spacial score (nSPS) is 13.2. The second kappa shape index (κ2) is 13.5. The van der Waals surface area contributed by atoms with E-state index in [1.165, 1.54) is 48.5 Å². The van der Waals surface area contributed by atoms with E-state index in [1.807, 2.05) is 13.8 Å². The molecule has 43 heavy (non-hydrogen) atoms. The summed E-state index contributed by atoms with van der Waals surface area (Å²) in [5, 5.41) is 29.7. The van der Waals surface area contributed by atoms with Gasteiger partial charge in [0.2, 0.25) is 0 Å². The van der Waals surface area contributed by atoms with Crippen LogP contribution in [0.15, 0.2) is 83.8 Å². The molecule has 0 amide bonds. The van der Waals surface area contributed by atoms with Crippen molar-refractivity contribution in [3.05, 3.63) is 96.2 Å². The van der Waals surface area contributed by atoms with E-state index in [4.69, 9.17) is 5.11 Å². The van der Waals surface area contributed by atoms with Crippen LogP contribution in [0.4, 0.5) is 14.5 Å². The van der Waals surface area contributed by atoms with E-state index in [0.29, 0.717) is 28.2 Å². The number of benzene rings is 3. The van der Waals surface area contributed by atoms with Gasteiger partial charge in [0.25, 0.3) is 10.0 Å². The number of para-hydroxylation sites is 1. The molecule has 11 heteroatoms. The Kier molecular flexibility index (Phi) is 10.0. The van der Waals surface area contributed by atoms with Crippen LogP contribution in [-0.2, 0) is 21.4 Å². The molecule has 4 N–H and O–H groups in total. The Hall–Kier alpha value is -4.06. The summed E-state index contributed by atoms with van der Waals surface area (Å²) in [5.41, 5.74) is 2.33. The van der Waals surface area contributed by atoms with Gasteiger partial charge in [-0.3, -0.25) is 9.52 Å². The molecule has 0 aliphatic rings. The lowest BCUT2D eigenvalue weighted by Crippen LogP contribution is -2.22.